The number of aromatic nitrogens is 6. The summed E-state index contributed by atoms with van der Waals surface area (Å²) in [5.41, 5.74) is 4.91. The molecule has 1 amide bonds. The van der Waals surface area contributed by atoms with Crippen molar-refractivity contribution in [3.05, 3.63) is 78.4 Å². The van der Waals surface area contributed by atoms with Gasteiger partial charge in [0.1, 0.15) is 0 Å². The van der Waals surface area contributed by atoms with E-state index < -0.39 is 0 Å². The third-order valence-corrected chi connectivity index (χ3v) is 6.44. The van der Waals surface area contributed by atoms with Crippen LogP contribution in [0.2, 0.25) is 0 Å². The fourth-order valence-electron chi connectivity index (χ4n) is 4.73. The van der Waals surface area contributed by atoms with Gasteiger partial charge in [-0.15, -0.1) is 0 Å². The summed E-state index contributed by atoms with van der Waals surface area (Å²) < 4.78 is 3.78. The van der Waals surface area contributed by atoms with Crippen LogP contribution in [0.15, 0.2) is 72.2 Å². The highest BCUT2D eigenvalue weighted by atomic mass is 16.3. The first kappa shape index (κ1) is 20.5. The van der Waals surface area contributed by atoms with Crippen molar-refractivity contribution in [3.63, 3.8) is 0 Å². The first-order valence-corrected chi connectivity index (χ1v) is 11.4. The summed E-state index contributed by atoms with van der Waals surface area (Å²) in [7, 11) is 0. The van der Waals surface area contributed by atoms with Gasteiger partial charge in [-0.1, -0.05) is 12.1 Å². The van der Waals surface area contributed by atoms with Gasteiger partial charge >= 0.3 is 0 Å². The predicted molar refractivity (Wildman–Crippen MR) is 126 cm³/mol. The highest BCUT2D eigenvalue weighted by Crippen LogP contribution is 2.30. The SMILES string of the molecule is O=C(/N=c1\[nH]c2ccccc2n1[C@H]1CC[C@@H](O)CC1)c1ccnc(-c2cnn3cccnc23)c1. The number of H-pyrrole nitrogens is 1. The zero-order valence-electron chi connectivity index (χ0n) is 18.4. The number of amides is 1. The van der Waals surface area contributed by atoms with Gasteiger partial charge in [-0.3, -0.25) is 9.78 Å². The zero-order valence-corrected chi connectivity index (χ0v) is 18.4. The predicted octanol–water partition coefficient (Wildman–Crippen LogP) is 3.29. The second kappa shape index (κ2) is 8.35. The number of pyridine rings is 1. The van der Waals surface area contributed by atoms with Crippen LogP contribution in [0, 0.1) is 0 Å². The Morgan fingerprint density at radius 3 is 2.79 bits per heavy atom. The number of aromatic amines is 1. The van der Waals surface area contributed by atoms with E-state index in [4.69, 9.17) is 0 Å². The Balaban J connectivity index is 1.41. The Bertz CT molecular complexity index is 1570. The van der Waals surface area contributed by atoms with Crippen LogP contribution in [0.4, 0.5) is 0 Å². The minimum absolute atomic E-state index is 0.170. The fraction of sp³-hybridized carbons (Fsp3) is 0.240. The normalized spacial score (nSPS) is 19.1. The molecular formula is C25H23N7O2. The van der Waals surface area contributed by atoms with E-state index in [0.717, 1.165) is 42.3 Å². The number of fused-ring (bicyclic) bond motifs is 2. The number of para-hydroxylation sites is 2. The van der Waals surface area contributed by atoms with Crippen LogP contribution in [0.25, 0.3) is 27.9 Å². The van der Waals surface area contributed by atoms with Crippen LogP contribution in [-0.2, 0) is 0 Å². The van der Waals surface area contributed by atoms with Crippen molar-refractivity contribution < 1.29 is 9.90 Å². The number of hydrogen-bond donors (Lipinski definition) is 2. The molecule has 1 fully saturated rings. The lowest BCUT2D eigenvalue weighted by atomic mass is 9.93. The number of imidazole rings is 1. The molecule has 1 saturated carbocycles. The summed E-state index contributed by atoms with van der Waals surface area (Å²) in [4.78, 5) is 29.9. The standard InChI is InChI=1S/C25H23N7O2/c33-18-8-6-17(7-9-18)32-22-5-2-1-4-20(22)29-25(32)30-24(34)16-10-12-26-21(14-16)19-15-28-31-13-3-11-27-23(19)31/h1-5,10-15,17-18,33H,6-9H2,(H,29,30,34)/t17-,18+. The first-order valence-electron chi connectivity index (χ1n) is 11.4. The van der Waals surface area contributed by atoms with Crippen molar-refractivity contribution in [2.75, 3.05) is 0 Å². The van der Waals surface area contributed by atoms with E-state index in [1.807, 2.05) is 30.5 Å². The maximum Gasteiger partial charge on any atom is 0.280 e. The third kappa shape index (κ3) is 3.60. The molecule has 2 N–H and O–H groups in total. The average Bonchev–Trinajstić information content (AvgIpc) is 3.46. The highest BCUT2D eigenvalue weighted by Gasteiger charge is 2.23. The lowest BCUT2D eigenvalue weighted by molar-refractivity contribution is 0.0990. The smallest absolute Gasteiger partial charge is 0.280 e. The van der Waals surface area contributed by atoms with Gasteiger partial charge in [-0.05, 0) is 56.0 Å². The van der Waals surface area contributed by atoms with E-state index in [-0.39, 0.29) is 18.1 Å². The maximum atomic E-state index is 13.3. The second-order valence-corrected chi connectivity index (χ2v) is 8.59. The molecule has 34 heavy (non-hydrogen) atoms. The maximum absolute atomic E-state index is 13.3. The van der Waals surface area contributed by atoms with Gasteiger partial charge in [-0.25, -0.2) is 9.50 Å². The third-order valence-electron chi connectivity index (χ3n) is 6.44. The van der Waals surface area contributed by atoms with Crippen molar-refractivity contribution in [1.29, 1.82) is 0 Å². The number of aliphatic hydroxyl groups excluding tert-OH is 1. The molecule has 170 valence electrons. The summed E-state index contributed by atoms with van der Waals surface area (Å²) in [6.45, 7) is 0. The minimum Gasteiger partial charge on any atom is -0.393 e. The number of aliphatic hydroxyl groups is 1. The van der Waals surface area contributed by atoms with Gasteiger partial charge in [0.25, 0.3) is 5.91 Å². The Hall–Kier alpha value is -4.11. The van der Waals surface area contributed by atoms with Crippen molar-refractivity contribution in [3.8, 4) is 11.3 Å². The van der Waals surface area contributed by atoms with Crippen LogP contribution in [-0.4, -0.2) is 46.3 Å². The molecule has 1 aliphatic carbocycles. The number of nitrogens with one attached hydrogen (secondary N) is 1. The fourth-order valence-corrected chi connectivity index (χ4v) is 4.73. The van der Waals surface area contributed by atoms with Gasteiger partial charge in [0.2, 0.25) is 5.62 Å². The Morgan fingerprint density at radius 1 is 1.06 bits per heavy atom. The van der Waals surface area contributed by atoms with Gasteiger partial charge in [-0.2, -0.15) is 10.1 Å². The van der Waals surface area contributed by atoms with Crippen LogP contribution >= 0.6 is 0 Å². The van der Waals surface area contributed by atoms with E-state index in [1.165, 1.54) is 0 Å². The quantitative estimate of drug-likeness (QED) is 0.435. The molecule has 4 heterocycles. The van der Waals surface area contributed by atoms with E-state index in [2.05, 4.69) is 29.6 Å². The monoisotopic (exact) mass is 453 g/mol. The van der Waals surface area contributed by atoms with Crippen LogP contribution in [0.3, 0.4) is 0 Å². The lowest BCUT2D eigenvalue weighted by Gasteiger charge is -2.27. The van der Waals surface area contributed by atoms with E-state index in [0.29, 0.717) is 22.5 Å². The topological polar surface area (TPSA) is 113 Å². The lowest BCUT2D eigenvalue weighted by Crippen LogP contribution is -2.29. The van der Waals surface area contributed by atoms with Crippen molar-refractivity contribution in [2.24, 2.45) is 4.99 Å². The number of nitrogens with zero attached hydrogens (tertiary/aromatic N) is 6. The largest absolute Gasteiger partial charge is 0.393 e. The van der Waals surface area contributed by atoms with Crippen LogP contribution in [0.5, 0.6) is 0 Å². The summed E-state index contributed by atoms with van der Waals surface area (Å²) in [5, 5.41) is 14.3. The molecule has 0 spiro atoms. The molecule has 0 radical (unpaired) electrons. The molecule has 1 aromatic carbocycles. The molecule has 1 aliphatic rings. The van der Waals surface area contributed by atoms with Crippen LogP contribution < -0.4 is 5.62 Å². The molecule has 4 aromatic heterocycles. The number of rotatable bonds is 3. The molecule has 0 atom stereocenters. The van der Waals surface area contributed by atoms with Gasteiger partial charge < -0.3 is 14.7 Å². The Morgan fingerprint density at radius 2 is 1.91 bits per heavy atom. The molecule has 0 aliphatic heterocycles. The van der Waals surface area contributed by atoms with Crippen molar-refractivity contribution in [2.45, 2.75) is 37.8 Å². The summed E-state index contributed by atoms with van der Waals surface area (Å²) in [6.07, 6.45) is 9.72. The number of carbonyl (C=O) groups excluding carboxylic acids is 1. The molecule has 0 unspecified atom stereocenters. The van der Waals surface area contributed by atoms with Gasteiger partial charge in [0, 0.05) is 30.2 Å². The Kier molecular flexibility index (Phi) is 5.03. The molecular weight excluding hydrogens is 430 g/mol. The van der Waals surface area contributed by atoms with Crippen LogP contribution in [0.1, 0.15) is 42.1 Å². The summed E-state index contributed by atoms with van der Waals surface area (Å²) in [5.74, 6) is -0.357. The van der Waals surface area contributed by atoms with Crippen molar-refractivity contribution in [1.82, 2.24) is 29.1 Å². The van der Waals surface area contributed by atoms with E-state index >= 15 is 0 Å². The van der Waals surface area contributed by atoms with Crippen molar-refractivity contribution >= 4 is 22.6 Å². The molecule has 0 saturated heterocycles. The zero-order chi connectivity index (χ0) is 23.1. The number of benzene rings is 1. The molecule has 6 rings (SSSR count). The summed E-state index contributed by atoms with van der Waals surface area (Å²) >= 11 is 0. The first-order chi connectivity index (χ1) is 16.7. The average molecular weight is 454 g/mol. The molecule has 9 nitrogen and oxygen atoms in total. The Labute approximate surface area is 194 Å². The number of carbonyl (C=O) groups is 1. The van der Waals surface area contributed by atoms with Gasteiger partial charge in [0.15, 0.2) is 5.65 Å². The molecule has 0 bridgehead atoms. The molecule has 9 heteroatoms. The second-order valence-electron chi connectivity index (χ2n) is 8.59. The van der Waals surface area contributed by atoms with Gasteiger partial charge in [0.05, 0.1) is 34.6 Å². The number of hydrogen-bond acceptors (Lipinski definition) is 5. The minimum atomic E-state index is -0.357. The summed E-state index contributed by atoms with van der Waals surface area (Å²) in [6, 6.07) is 13.3. The molecule has 5 aromatic rings. The van der Waals surface area contributed by atoms with E-state index in [9.17, 15) is 9.90 Å². The highest BCUT2D eigenvalue weighted by molar-refractivity contribution is 5.96. The van der Waals surface area contributed by atoms with E-state index in [1.54, 1.807) is 41.3 Å².